The van der Waals surface area contributed by atoms with Crippen molar-refractivity contribution in [3.63, 3.8) is 0 Å². The molecular weight excluding hydrogens is 447 g/mol. The molecular formula is C24H22F3N5O2. The van der Waals surface area contributed by atoms with Crippen LogP contribution in [0.15, 0.2) is 53.2 Å². The van der Waals surface area contributed by atoms with Crippen molar-refractivity contribution < 1.29 is 22.5 Å². The third-order valence-electron chi connectivity index (χ3n) is 6.03. The lowest BCUT2D eigenvalue weighted by molar-refractivity contribution is -0.142. The molecule has 0 N–H and O–H groups in total. The second-order valence-electron chi connectivity index (χ2n) is 8.65. The van der Waals surface area contributed by atoms with E-state index in [1.807, 2.05) is 19.9 Å². The molecule has 1 aliphatic rings. The highest BCUT2D eigenvalue weighted by Crippen LogP contribution is 2.36. The van der Waals surface area contributed by atoms with Crippen LogP contribution >= 0.6 is 0 Å². The van der Waals surface area contributed by atoms with Gasteiger partial charge >= 0.3 is 6.18 Å². The fraction of sp³-hybridized carbons (Fsp3) is 0.333. The Kier molecular flexibility index (Phi) is 5.38. The number of benzene rings is 1. The number of hydrogen-bond acceptors (Lipinski definition) is 5. The van der Waals surface area contributed by atoms with Crippen LogP contribution in [0, 0.1) is 0 Å². The van der Waals surface area contributed by atoms with Crippen molar-refractivity contribution in [1.82, 2.24) is 24.7 Å². The molecule has 176 valence electrons. The van der Waals surface area contributed by atoms with Crippen molar-refractivity contribution >= 4 is 11.6 Å². The molecule has 1 fully saturated rings. The lowest BCUT2D eigenvalue weighted by atomic mass is 10.1. The molecule has 0 spiro atoms. The van der Waals surface area contributed by atoms with Gasteiger partial charge in [0.15, 0.2) is 11.3 Å². The van der Waals surface area contributed by atoms with Gasteiger partial charge in [0.05, 0.1) is 17.9 Å². The molecule has 1 amide bonds. The first kappa shape index (κ1) is 22.1. The highest BCUT2D eigenvalue weighted by atomic mass is 19.4. The monoisotopic (exact) mass is 469 g/mol. The summed E-state index contributed by atoms with van der Waals surface area (Å²) < 4.78 is 47.7. The largest absolute Gasteiger partial charge is 0.433 e. The Morgan fingerprint density at radius 2 is 1.94 bits per heavy atom. The van der Waals surface area contributed by atoms with Crippen LogP contribution in [-0.2, 0) is 6.18 Å². The third-order valence-corrected chi connectivity index (χ3v) is 6.03. The molecule has 0 bridgehead atoms. The van der Waals surface area contributed by atoms with Gasteiger partial charge in [0.1, 0.15) is 17.0 Å². The van der Waals surface area contributed by atoms with E-state index in [1.165, 1.54) is 0 Å². The van der Waals surface area contributed by atoms with Gasteiger partial charge in [-0.3, -0.25) is 4.79 Å². The van der Waals surface area contributed by atoms with Gasteiger partial charge in [-0.1, -0.05) is 49.3 Å². The van der Waals surface area contributed by atoms with Gasteiger partial charge in [0, 0.05) is 24.1 Å². The Balaban J connectivity index is 1.58. The Hall–Kier alpha value is -3.69. The summed E-state index contributed by atoms with van der Waals surface area (Å²) in [7, 11) is 0. The van der Waals surface area contributed by atoms with Crippen LogP contribution in [0.1, 0.15) is 66.2 Å². The maximum Gasteiger partial charge on any atom is 0.433 e. The number of fused-ring (bicyclic) bond motifs is 1. The molecule has 1 aliphatic heterocycles. The van der Waals surface area contributed by atoms with Crippen LogP contribution in [0.5, 0.6) is 0 Å². The number of carbonyl (C=O) groups is 1. The van der Waals surface area contributed by atoms with Crippen LogP contribution in [0.3, 0.4) is 0 Å². The van der Waals surface area contributed by atoms with Crippen molar-refractivity contribution in [3.05, 3.63) is 71.4 Å². The van der Waals surface area contributed by atoms with Crippen LogP contribution in [0.2, 0.25) is 0 Å². The van der Waals surface area contributed by atoms with Crippen LogP contribution in [0.25, 0.3) is 16.9 Å². The summed E-state index contributed by atoms with van der Waals surface area (Å²) in [5, 5.41) is 8.03. The van der Waals surface area contributed by atoms with Gasteiger partial charge in [0.2, 0.25) is 0 Å². The maximum atomic E-state index is 13.9. The Morgan fingerprint density at radius 3 is 2.62 bits per heavy atom. The first-order valence-corrected chi connectivity index (χ1v) is 11.0. The Labute approximate surface area is 193 Å². The van der Waals surface area contributed by atoms with E-state index in [-0.39, 0.29) is 28.9 Å². The summed E-state index contributed by atoms with van der Waals surface area (Å²) in [5.74, 6) is 0.430. The zero-order chi connectivity index (χ0) is 24.0. The average Bonchev–Trinajstić information content (AvgIpc) is 3.56. The van der Waals surface area contributed by atoms with Crippen molar-refractivity contribution in [2.45, 2.75) is 44.8 Å². The molecule has 4 heterocycles. The van der Waals surface area contributed by atoms with E-state index in [1.54, 1.807) is 35.2 Å². The first-order valence-electron chi connectivity index (χ1n) is 11.0. The Morgan fingerprint density at radius 1 is 1.18 bits per heavy atom. The first-order chi connectivity index (χ1) is 16.2. The fourth-order valence-corrected chi connectivity index (χ4v) is 4.28. The van der Waals surface area contributed by atoms with Gasteiger partial charge in [-0.2, -0.15) is 18.3 Å². The molecule has 1 saturated heterocycles. The summed E-state index contributed by atoms with van der Waals surface area (Å²) in [4.78, 5) is 19.6. The fourth-order valence-electron chi connectivity index (χ4n) is 4.28. The number of rotatable bonds is 4. The zero-order valence-corrected chi connectivity index (χ0v) is 18.6. The molecule has 1 atom stereocenters. The topological polar surface area (TPSA) is 76.5 Å². The van der Waals surface area contributed by atoms with E-state index in [2.05, 4.69) is 15.2 Å². The second kappa shape index (κ2) is 8.27. The summed E-state index contributed by atoms with van der Waals surface area (Å²) in [6.07, 6.45) is -2.09. The van der Waals surface area contributed by atoms with Gasteiger partial charge in [-0.05, 0) is 18.9 Å². The van der Waals surface area contributed by atoms with E-state index in [4.69, 9.17) is 4.52 Å². The molecule has 7 nitrogen and oxygen atoms in total. The van der Waals surface area contributed by atoms with E-state index < -0.39 is 17.8 Å². The average molecular weight is 469 g/mol. The van der Waals surface area contributed by atoms with E-state index in [0.29, 0.717) is 34.5 Å². The number of amides is 1. The van der Waals surface area contributed by atoms with E-state index in [9.17, 15) is 18.0 Å². The van der Waals surface area contributed by atoms with E-state index >= 15 is 0 Å². The summed E-state index contributed by atoms with van der Waals surface area (Å²) >= 11 is 0. The number of nitrogens with zero attached hydrogens (tertiary/aromatic N) is 5. The number of halogens is 3. The lowest BCUT2D eigenvalue weighted by Gasteiger charge is -2.22. The second-order valence-corrected chi connectivity index (χ2v) is 8.65. The number of hydrogen-bond donors (Lipinski definition) is 0. The molecule has 3 aromatic heterocycles. The Bertz CT molecular complexity index is 1340. The molecule has 5 rings (SSSR count). The number of carbonyl (C=O) groups excluding carboxylic acids is 1. The molecule has 34 heavy (non-hydrogen) atoms. The predicted molar refractivity (Wildman–Crippen MR) is 117 cm³/mol. The maximum absolute atomic E-state index is 13.9. The molecule has 0 radical (unpaired) electrons. The van der Waals surface area contributed by atoms with Gasteiger partial charge in [-0.25, -0.2) is 9.50 Å². The normalized spacial score (nSPS) is 16.6. The molecule has 4 aromatic rings. The predicted octanol–water partition coefficient (Wildman–Crippen LogP) is 5.50. The van der Waals surface area contributed by atoms with Gasteiger partial charge < -0.3 is 9.42 Å². The highest BCUT2D eigenvalue weighted by molar-refractivity contribution is 6.00. The highest BCUT2D eigenvalue weighted by Gasteiger charge is 2.38. The number of alkyl halides is 3. The van der Waals surface area contributed by atoms with Crippen molar-refractivity contribution in [1.29, 1.82) is 0 Å². The molecule has 1 aromatic carbocycles. The zero-order valence-electron chi connectivity index (χ0n) is 18.6. The van der Waals surface area contributed by atoms with Crippen LogP contribution in [0.4, 0.5) is 13.2 Å². The molecule has 10 heteroatoms. The van der Waals surface area contributed by atoms with Gasteiger partial charge in [-0.15, -0.1) is 0 Å². The smallest absolute Gasteiger partial charge is 0.361 e. The summed E-state index contributed by atoms with van der Waals surface area (Å²) in [6.45, 7) is 4.42. The molecule has 0 aliphatic carbocycles. The number of aromatic nitrogens is 4. The number of likely N-dealkylation sites (tertiary alicyclic amines) is 1. The quantitative estimate of drug-likeness (QED) is 0.394. The van der Waals surface area contributed by atoms with Crippen molar-refractivity contribution in [3.8, 4) is 11.3 Å². The molecule has 0 saturated carbocycles. The van der Waals surface area contributed by atoms with Crippen LogP contribution < -0.4 is 0 Å². The summed E-state index contributed by atoms with van der Waals surface area (Å²) in [6, 6.07) is 11.0. The standard InChI is InChI=1S/C24H22F3N5O2/c1-14(2)20-11-18(30-34-20)19-9-6-10-31(19)23(33)16-13-28-32-21(24(25,26)27)12-17(29-22(16)32)15-7-4-3-5-8-15/h3-5,7-8,11-14,19H,6,9-10H2,1-2H3. The molecule has 1 unspecified atom stereocenters. The van der Waals surface area contributed by atoms with Crippen LogP contribution in [-0.4, -0.2) is 37.1 Å². The third kappa shape index (κ3) is 3.82. The summed E-state index contributed by atoms with van der Waals surface area (Å²) in [5.41, 5.74) is 0.158. The minimum Gasteiger partial charge on any atom is -0.361 e. The van der Waals surface area contributed by atoms with E-state index in [0.717, 1.165) is 18.7 Å². The SMILES string of the molecule is CC(C)c1cc(C2CCCN2C(=O)c2cnn3c(C(F)(F)F)cc(-c4ccccc4)nc23)no1. The van der Waals surface area contributed by atoms with Gasteiger partial charge in [0.25, 0.3) is 5.91 Å². The lowest BCUT2D eigenvalue weighted by Crippen LogP contribution is -2.30. The minimum absolute atomic E-state index is 0.0164. The van der Waals surface area contributed by atoms with Crippen molar-refractivity contribution in [2.75, 3.05) is 6.54 Å². The minimum atomic E-state index is -4.68. The van der Waals surface area contributed by atoms with Crippen molar-refractivity contribution in [2.24, 2.45) is 0 Å².